The van der Waals surface area contributed by atoms with Gasteiger partial charge in [0.2, 0.25) is 5.91 Å². The van der Waals surface area contributed by atoms with E-state index in [9.17, 15) is 9.18 Å². The van der Waals surface area contributed by atoms with E-state index in [0.29, 0.717) is 18.4 Å². The molecular formula is C16H23FN2O. The van der Waals surface area contributed by atoms with Gasteiger partial charge in [-0.3, -0.25) is 4.79 Å². The summed E-state index contributed by atoms with van der Waals surface area (Å²) in [6.07, 6.45) is 2.34. The number of halogens is 1. The Kier molecular flexibility index (Phi) is 5.12. The number of hydrogen-bond acceptors (Lipinski definition) is 2. The Hall–Kier alpha value is -1.42. The van der Waals surface area contributed by atoms with Crippen molar-refractivity contribution in [1.82, 2.24) is 10.2 Å². The molecule has 1 aliphatic rings. The molecule has 1 saturated heterocycles. The number of nitrogens with zero attached hydrogens (tertiary/aromatic N) is 1. The predicted octanol–water partition coefficient (Wildman–Crippen LogP) is 2.21. The lowest BCUT2D eigenvalue weighted by atomic mass is 9.90. The molecule has 1 aromatic rings. The first kappa shape index (κ1) is 15.0. The second-order valence-corrected chi connectivity index (χ2v) is 5.50. The molecule has 0 spiro atoms. The van der Waals surface area contributed by atoms with Gasteiger partial charge in [0, 0.05) is 19.1 Å². The molecule has 3 nitrogen and oxygen atoms in total. The molecule has 0 saturated carbocycles. The van der Waals surface area contributed by atoms with Crippen LogP contribution in [0, 0.1) is 11.7 Å². The van der Waals surface area contributed by atoms with Crippen LogP contribution in [0.1, 0.15) is 25.3 Å². The SMILES string of the molecule is CCC1CN(C(=O)Cc2cccc(F)c2)CCC1NC. The lowest BCUT2D eigenvalue weighted by molar-refractivity contribution is -0.132. The van der Waals surface area contributed by atoms with Crippen LogP contribution in [0.4, 0.5) is 4.39 Å². The fourth-order valence-electron chi connectivity index (χ4n) is 2.99. The fraction of sp³-hybridized carbons (Fsp3) is 0.562. The van der Waals surface area contributed by atoms with E-state index < -0.39 is 0 Å². The lowest BCUT2D eigenvalue weighted by Gasteiger charge is -2.38. The minimum absolute atomic E-state index is 0.101. The molecule has 2 unspecified atom stereocenters. The van der Waals surface area contributed by atoms with E-state index in [1.165, 1.54) is 12.1 Å². The summed E-state index contributed by atoms with van der Waals surface area (Å²) in [5.74, 6) is 0.324. The maximum Gasteiger partial charge on any atom is 0.227 e. The zero-order valence-corrected chi connectivity index (χ0v) is 12.2. The largest absolute Gasteiger partial charge is 0.342 e. The van der Waals surface area contributed by atoms with Crippen molar-refractivity contribution in [1.29, 1.82) is 0 Å². The second-order valence-electron chi connectivity index (χ2n) is 5.50. The molecule has 1 aromatic carbocycles. The number of amides is 1. The van der Waals surface area contributed by atoms with Crippen molar-refractivity contribution >= 4 is 5.91 Å². The van der Waals surface area contributed by atoms with Gasteiger partial charge in [-0.2, -0.15) is 0 Å². The van der Waals surface area contributed by atoms with E-state index in [-0.39, 0.29) is 11.7 Å². The minimum Gasteiger partial charge on any atom is -0.342 e. The lowest BCUT2D eigenvalue weighted by Crippen LogP contribution is -2.50. The fourth-order valence-corrected chi connectivity index (χ4v) is 2.99. The van der Waals surface area contributed by atoms with Gasteiger partial charge in [0.1, 0.15) is 5.82 Å². The molecule has 1 aliphatic heterocycles. The van der Waals surface area contributed by atoms with E-state index in [1.54, 1.807) is 12.1 Å². The maximum absolute atomic E-state index is 13.1. The summed E-state index contributed by atoms with van der Waals surface area (Å²) < 4.78 is 13.1. The quantitative estimate of drug-likeness (QED) is 0.916. The van der Waals surface area contributed by atoms with Gasteiger partial charge in [0.25, 0.3) is 0 Å². The molecule has 1 N–H and O–H groups in total. The average molecular weight is 278 g/mol. The first-order valence-electron chi connectivity index (χ1n) is 7.33. The van der Waals surface area contributed by atoms with Crippen LogP contribution in [0.25, 0.3) is 0 Å². The van der Waals surface area contributed by atoms with Crippen LogP contribution < -0.4 is 5.32 Å². The highest BCUT2D eigenvalue weighted by molar-refractivity contribution is 5.78. The summed E-state index contributed by atoms with van der Waals surface area (Å²) in [6, 6.07) is 6.80. The van der Waals surface area contributed by atoms with Gasteiger partial charge in [0.05, 0.1) is 6.42 Å². The van der Waals surface area contributed by atoms with Crippen LogP contribution in [0.3, 0.4) is 0 Å². The minimum atomic E-state index is -0.282. The molecule has 0 aromatic heterocycles. The van der Waals surface area contributed by atoms with Crippen molar-refractivity contribution in [2.75, 3.05) is 20.1 Å². The second kappa shape index (κ2) is 6.84. The van der Waals surface area contributed by atoms with E-state index >= 15 is 0 Å². The Morgan fingerprint density at radius 1 is 1.50 bits per heavy atom. The molecule has 0 radical (unpaired) electrons. The van der Waals surface area contributed by atoms with Gasteiger partial charge in [-0.15, -0.1) is 0 Å². The average Bonchev–Trinajstić information content (AvgIpc) is 2.46. The molecule has 20 heavy (non-hydrogen) atoms. The molecule has 2 atom stereocenters. The number of benzene rings is 1. The summed E-state index contributed by atoms with van der Waals surface area (Å²) in [4.78, 5) is 14.2. The van der Waals surface area contributed by atoms with Crippen LogP contribution in [-0.4, -0.2) is 37.0 Å². The highest BCUT2D eigenvalue weighted by Crippen LogP contribution is 2.20. The molecule has 1 fully saturated rings. The number of carbonyl (C=O) groups excluding carboxylic acids is 1. The molecule has 0 bridgehead atoms. The highest BCUT2D eigenvalue weighted by Gasteiger charge is 2.29. The van der Waals surface area contributed by atoms with Crippen LogP contribution in [0.5, 0.6) is 0 Å². The van der Waals surface area contributed by atoms with Crippen molar-refractivity contribution < 1.29 is 9.18 Å². The number of hydrogen-bond donors (Lipinski definition) is 1. The maximum atomic E-state index is 13.1. The Balaban J connectivity index is 1.96. The van der Waals surface area contributed by atoms with Gasteiger partial charge >= 0.3 is 0 Å². The number of nitrogens with one attached hydrogen (secondary N) is 1. The van der Waals surface area contributed by atoms with Crippen molar-refractivity contribution in [3.8, 4) is 0 Å². The first-order valence-corrected chi connectivity index (χ1v) is 7.33. The van der Waals surface area contributed by atoms with Crippen LogP contribution >= 0.6 is 0 Å². The summed E-state index contributed by atoms with van der Waals surface area (Å²) >= 11 is 0. The number of likely N-dealkylation sites (tertiary alicyclic amines) is 1. The summed E-state index contributed by atoms with van der Waals surface area (Å²) in [5, 5.41) is 3.33. The van der Waals surface area contributed by atoms with E-state index in [0.717, 1.165) is 31.5 Å². The summed E-state index contributed by atoms with van der Waals surface area (Å²) in [6.45, 7) is 3.75. The number of rotatable bonds is 4. The van der Waals surface area contributed by atoms with Gasteiger partial charge in [-0.05, 0) is 37.1 Å². The topological polar surface area (TPSA) is 32.3 Å². The van der Waals surface area contributed by atoms with Crippen molar-refractivity contribution in [2.45, 2.75) is 32.2 Å². The third-order valence-electron chi connectivity index (χ3n) is 4.23. The van der Waals surface area contributed by atoms with E-state index in [2.05, 4.69) is 12.2 Å². The Bertz CT molecular complexity index is 464. The van der Waals surface area contributed by atoms with E-state index in [1.807, 2.05) is 11.9 Å². The van der Waals surface area contributed by atoms with Crippen LogP contribution in [0.15, 0.2) is 24.3 Å². The zero-order valence-electron chi connectivity index (χ0n) is 12.2. The highest BCUT2D eigenvalue weighted by atomic mass is 19.1. The normalized spacial score (nSPS) is 22.9. The monoisotopic (exact) mass is 278 g/mol. The Labute approximate surface area is 120 Å². The smallest absolute Gasteiger partial charge is 0.227 e. The van der Waals surface area contributed by atoms with Gasteiger partial charge in [-0.25, -0.2) is 4.39 Å². The van der Waals surface area contributed by atoms with Crippen molar-refractivity contribution in [2.24, 2.45) is 5.92 Å². The van der Waals surface area contributed by atoms with Gasteiger partial charge in [-0.1, -0.05) is 25.5 Å². The van der Waals surface area contributed by atoms with Gasteiger partial charge < -0.3 is 10.2 Å². The molecule has 0 aliphatic carbocycles. The summed E-state index contributed by atoms with van der Waals surface area (Å²) in [7, 11) is 1.98. The number of carbonyl (C=O) groups is 1. The predicted molar refractivity (Wildman–Crippen MR) is 77.9 cm³/mol. The first-order chi connectivity index (χ1) is 9.63. The molecule has 1 amide bonds. The molecular weight excluding hydrogens is 255 g/mol. The third-order valence-corrected chi connectivity index (χ3v) is 4.23. The standard InChI is InChI=1S/C16H23FN2O/c1-3-13-11-19(8-7-15(13)18-2)16(20)10-12-5-4-6-14(17)9-12/h4-6,9,13,15,18H,3,7-8,10-11H2,1-2H3. The Morgan fingerprint density at radius 3 is 2.95 bits per heavy atom. The van der Waals surface area contributed by atoms with Crippen molar-refractivity contribution in [3.63, 3.8) is 0 Å². The Morgan fingerprint density at radius 2 is 2.30 bits per heavy atom. The number of piperidine rings is 1. The summed E-state index contributed by atoms with van der Waals surface area (Å²) in [5.41, 5.74) is 0.749. The molecule has 1 heterocycles. The molecule has 110 valence electrons. The van der Waals surface area contributed by atoms with Gasteiger partial charge in [0.15, 0.2) is 0 Å². The molecule has 2 rings (SSSR count). The molecule has 4 heteroatoms. The van der Waals surface area contributed by atoms with Crippen LogP contribution in [0.2, 0.25) is 0 Å². The van der Waals surface area contributed by atoms with E-state index in [4.69, 9.17) is 0 Å². The third kappa shape index (κ3) is 3.57. The van der Waals surface area contributed by atoms with Crippen molar-refractivity contribution in [3.05, 3.63) is 35.6 Å². The van der Waals surface area contributed by atoms with Crippen LogP contribution in [-0.2, 0) is 11.2 Å². The zero-order chi connectivity index (χ0) is 14.5.